The largest absolute Gasteiger partial charge is 0.496 e. The van der Waals surface area contributed by atoms with Crippen LogP contribution in [0.5, 0.6) is 17.2 Å². The number of allylic oxidation sites excluding steroid dienone is 1. The minimum atomic E-state index is -1.69. The number of hydrogen-bond acceptors (Lipinski definition) is 8. The van der Waals surface area contributed by atoms with Crippen LogP contribution in [0.2, 0.25) is 5.02 Å². The number of methoxy groups -OCH3 is 2. The molecule has 0 bridgehead atoms. The van der Waals surface area contributed by atoms with Gasteiger partial charge in [-0.1, -0.05) is 18.5 Å². The number of carbonyl (C=O) groups excluding carboxylic acids is 3. The number of halogens is 1. The number of piperidine rings is 1. The van der Waals surface area contributed by atoms with E-state index in [1.807, 2.05) is 6.92 Å². The summed E-state index contributed by atoms with van der Waals surface area (Å²) in [5, 5.41) is 3.56. The maximum absolute atomic E-state index is 13.6. The van der Waals surface area contributed by atoms with Crippen molar-refractivity contribution in [1.29, 1.82) is 0 Å². The molecule has 0 aromatic heterocycles. The van der Waals surface area contributed by atoms with Gasteiger partial charge in [0, 0.05) is 42.9 Å². The van der Waals surface area contributed by atoms with Crippen molar-refractivity contribution in [2.24, 2.45) is 5.92 Å². The third-order valence-corrected chi connectivity index (χ3v) is 7.08. The van der Waals surface area contributed by atoms with Gasteiger partial charge in [-0.25, -0.2) is 4.79 Å². The third-order valence-electron chi connectivity index (χ3n) is 6.72. The highest BCUT2D eigenvalue weighted by Crippen LogP contribution is 2.52. The number of carbonyl (C=O) groups is 3. The van der Waals surface area contributed by atoms with E-state index in [0.29, 0.717) is 31.9 Å². The first-order valence-electron chi connectivity index (χ1n) is 11.4. The summed E-state index contributed by atoms with van der Waals surface area (Å²) < 4.78 is 21.8. The number of ether oxygens (including phenoxy) is 4. The standard InChI is InChI=1S/C24H29ClN2O7/c1-5-33-23(30)27-8-6-14(7-9-27)26-15-10-13(2)24(18(28)11-15)22(29)19-16(31-3)12-17(32-4)20(25)21(19)34-24/h11-14,26H,5-10H2,1-4H3. The summed E-state index contributed by atoms with van der Waals surface area (Å²) in [5.41, 5.74) is -0.783. The van der Waals surface area contributed by atoms with Crippen LogP contribution in [0.25, 0.3) is 0 Å². The lowest BCUT2D eigenvalue weighted by atomic mass is 9.74. The second-order valence-electron chi connectivity index (χ2n) is 8.71. The Hall–Kier alpha value is -2.94. The first-order valence-corrected chi connectivity index (χ1v) is 11.8. The lowest BCUT2D eigenvalue weighted by Gasteiger charge is -2.37. The van der Waals surface area contributed by atoms with Gasteiger partial charge < -0.3 is 29.2 Å². The molecular formula is C24H29ClN2O7. The van der Waals surface area contributed by atoms with E-state index in [0.717, 1.165) is 18.5 Å². The summed E-state index contributed by atoms with van der Waals surface area (Å²) in [6.45, 7) is 5.10. The van der Waals surface area contributed by atoms with Gasteiger partial charge in [0.25, 0.3) is 0 Å². The maximum Gasteiger partial charge on any atom is 0.409 e. The quantitative estimate of drug-likeness (QED) is 0.624. The van der Waals surface area contributed by atoms with Gasteiger partial charge in [-0.05, 0) is 26.2 Å². The van der Waals surface area contributed by atoms with Gasteiger partial charge in [0.15, 0.2) is 5.75 Å². The predicted octanol–water partition coefficient (Wildman–Crippen LogP) is 3.37. The van der Waals surface area contributed by atoms with E-state index in [-0.39, 0.29) is 34.2 Å². The predicted molar refractivity (Wildman–Crippen MR) is 124 cm³/mol. The van der Waals surface area contributed by atoms with Crippen molar-refractivity contribution in [3.8, 4) is 17.2 Å². The van der Waals surface area contributed by atoms with Crippen molar-refractivity contribution in [3.05, 3.63) is 28.4 Å². The van der Waals surface area contributed by atoms with Gasteiger partial charge in [-0.15, -0.1) is 0 Å². The molecule has 34 heavy (non-hydrogen) atoms. The summed E-state index contributed by atoms with van der Waals surface area (Å²) in [6, 6.07) is 1.63. The van der Waals surface area contributed by atoms with Crippen LogP contribution in [0.3, 0.4) is 0 Å². The zero-order valence-corrected chi connectivity index (χ0v) is 20.5. The molecule has 1 amide bonds. The monoisotopic (exact) mass is 492 g/mol. The second kappa shape index (κ2) is 9.37. The van der Waals surface area contributed by atoms with Crippen LogP contribution < -0.4 is 19.5 Å². The van der Waals surface area contributed by atoms with Crippen molar-refractivity contribution in [3.63, 3.8) is 0 Å². The first kappa shape index (κ1) is 24.2. The molecule has 2 aliphatic heterocycles. The molecule has 10 heteroatoms. The highest BCUT2D eigenvalue weighted by molar-refractivity contribution is 6.36. The lowest BCUT2D eigenvalue weighted by molar-refractivity contribution is -0.129. The molecule has 1 fully saturated rings. The number of fused-ring (bicyclic) bond motifs is 1. The van der Waals surface area contributed by atoms with Gasteiger partial charge in [0.1, 0.15) is 22.1 Å². The first-order chi connectivity index (χ1) is 16.3. The molecule has 4 rings (SSSR count). The van der Waals surface area contributed by atoms with E-state index >= 15 is 0 Å². The Morgan fingerprint density at radius 2 is 1.91 bits per heavy atom. The fourth-order valence-corrected chi connectivity index (χ4v) is 5.18. The SMILES string of the molecule is CCOC(=O)N1CCC(NC2=CC(=O)C3(Oc4c(Cl)c(OC)cc(OC)c4C3=O)C(C)C2)CC1. The number of ketones is 2. The van der Waals surface area contributed by atoms with Crippen molar-refractivity contribution < 1.29 is 33.3 Å². The Bertz CT molecular complexity index is 1050. The molecule has 1 saturated heterocycles. The highest BCUT2D eigenvalue weighted by atomic mass is 35.5. The third kappa shape index (κ3) is 3.85. The Morgan fingerprint density at radius 1 is 1.24 bits per heavy atom. The Morgan fingerprint density at radius 3 is 2.50 bits per heavy atom. The second-order valence-corrected chi connectivity index (χ2v) is 9.09. The number of nitrogens with zero attached hydrogens (tertiary/aromatic N) is 1. The van der Waals surface area contributed by atoms with Crippen LogP contribution in [0.15, 0.2) is 17.8 Å². The molecule has 2 unspecified atom stereocenters. The molecule has 9 nitrogen and oxygen atoms in total. The highest BCUT2D eigenvalue weighted by Gasteiger charge is 2.60. The van der Waals surface area contributed by atoms with Crippen LogP contribution in [-0.4, -0.2) is 68.1 Å². The Kier molecular flexibility index (Phi) is 6.66. The van der Waals surface area contributed by atoms with Crippen molar-refractivity contribution in [2.75, 3.05) is 33.9 Å². The van der Waals surface area contributed by atoms with Gasteiger partial charge in [-0.2, -0.15) is 0 Å². The summed E-state index contributed by atoms with van der Waals surface area (Å²) in [5.74, 6) is -0.682. The summed E-state index contributed by atoms with van der Waals surface area (Å²) in [7, 11) is 2.88. The molecule has 1 aliphatic carbocycles. The average Bonchev–Trinajstić information content (AvgIpc) is 3.13. The average molecular weight is 493 g/mol. The van der Waals surface area contributed by atoms with E-state index in [1.54, 1.807) is 11.8 Å². The molecule has 2 heterocycles. The Balaban J connectivity index is 1.52. The minimum absolute atomic E-state index is 0.110. The molecule has 1 spiro atoms. The van der Waals surface area contributed by atoms with Crippen molar-refractivity contribution >= 4 is 29.3 Å². The van der Waals surface area contributed by atoms with E-state index in [2.05, 4.69) is 5.32 Å². The van der Waals surface area contributed by atoms with Crippen LogP contribution >= 0.6 is 11.6 Å². The normalized spacial score (nSPS) is 24.4. The van der Waals surface area contributed by atoms with Crippen LogP contribution in [0.1, 0.15) is 43.5 Å². The molecule has 1 N–H and O–H groups in total. The van der Waals surface area contributed by atoms with Gasteiger partial charge in [-0.3, -0.25) is 9.59 Å². The zero-order valence-electron chi connectivity index (χ0n) is 19.7. The molecule has 0 saturated carbocycles. The van der Waals surface area contributed by atoms with Crippen LogP contribution in [0, 0.1) is 5.92 Å². The molecule has 3 aliphatic rings. The van der Waals surface area contributed by atoms with E-state index < -0.39 is 23.1 Å². The topological polar surface area (TPSA) is 103 Å². The van der Waals surface area contributed by atoms with Gasteiger partial charge in [0.2, 0.25) is 17.2 Å². The van der Waals surface area contributed by atoms with E-state index in [9.17, 15) is 14.4 Å². The number of Topliss-reactive ketones (excluding diaryl/α,β-unsaturated/α-hetero) is 1. The van der Waals surface area contributed by atoms with Gasteiger partial charge in [0.05, 0.1) is 20.8 Å². The fraction of sp³-hybridized carbons (Fsp3) is 0.542. The van der Waals surface area contributed by atoms with E-state index in [4.69, 9.17) is 30.5 Å². The molecule has 2 atom stereocenters. The number of hydrogen-bond donors (Lipinski definition) is 1. The maximum atomic E-state index is 13.6. The smallest absolute Gasteiger partial charge is 0.409 e. The molecule has 0 radical (unpaired) electrons. The van der Waals surface area contributed by atoms with Crippen LogP contribution in [0.4, 0.5) is 4.79 Å². The summed E-state index contributed by atoms with van der Waals surface area (Å²) >= 11 is 6.42. The summed E-state index contributed by atoms with van der Waals surface area (Å²) in [4.78, 5) is 40.5. The van der Waals surface area contributed by atoms with Crippen molar-refractivity contribution in [2.45, 2.75) is 44.8 Å². The fourth-order valence-electron chi connectivity index (χ4n) is 4.91. The number of rotatable bonds is 5. The van der Waals surface area contributed by atoms with Gasteiger partial charge >= 0.3 is 6.09 Å². The van der Waals surface area contributed by atoms with Crippen molar-refractivity contribution in [1.82, 2.24) is 10.2 Å². The molecule has 184 valence electrons. The number of benzene rings is 1. The number of likely N-dealkylation sites (tertiary alicyclic amines) is 1. The Labute approximate surface area is 203 Å². The number of amides is 1. The molecule has 1 aromatic carbocycles. The van der Waals surface area contributed by atoms with E-state index in [1.165, 1.54) is 26.4 Å². The minimum Gasteiger partial charge on any atom is -0.496 e. The number of nitrogens with one attached hydrogen (secondary N) is 1. The molecular weight excluding hydrogens is 464 g/mol. The lowest BCUT2D eigenvalue weighted by Crippen LogP contribution is -2.56. The zero-order chi connectivity index (χ0) is 24.6. The molecule has 1 aromatic rings. The van der Waals surface area contributed by atoms with Crippen LogP contribution in [-0.2, 0) is 9.53 Å². The summed E-state index contributed by atoms with van der Waals surface area (Å²) in [6.07, 6.45) is 3.07.